The van der Waals surface area contributed by atoms with Crippen molar-refractivity contribution in [3.8, 4) is 0 Å². The normalized spacial score (nSPS) is 33.4. The first-order valence-corrected chi connectivity index (χ1v) is 7.26. The van der Waals surface area contributed by atoms with E-state index in [-0.39, 0.29) is 0 Å². The minimum absolute atomic E-state index is 0.695. The number of nitrogens with one attached hydrogen (secondary N) is 1. The molecule has 2 heteroatoms. The molecule has 16 heavy (non-hydrogen) atoms. The van der Waals surface area contributed by atoms with Crippen LogP contribution in [0.3, 0.4) is 0 Å². The lowest BCUT2D eigenvalue weighted by atomic mass is 9.78. The Bertz CT molecular complexity index is 199. The molecule has 0 bridgehead atoms. The predicted octanol–water partition coefficient (Wildman–Crippen LogP) is 2.64. The highest BCUT2D eigenvalue weighted by molar-refractivity contribution is 4.88. The van der Waals surface area contributed by atoms with Crippen LogP contribution in [0.4, 0.5) is 0 Å². The molecule has 2 aliphatic rings. The minimum atomic E-state index is 0.695. The van der Waals surface area contributed by atoms with E-state index in [4.69, 9.17) is 0 Å². The van der Waals surface area contributed by atoms with E-state index in [1.807, 2.05) is 0 Å². The van der Waals surface area contributed by atoms with Crippen molar-refractivity contribution in [1.29, 1.82) is 0 Å². The second-order valence-corrected chi connectivity index (χ2v) is 5.64. The van der Waals surface area contributed by atoms with Gasteiger partial charge in [-0.3, -0.25) is 4.90 Å². The number of fused-ring (bicyclic) bond motifs is 1. The lowest BCUT2D eigenvalue weighted by Crippen LogP contribution is -2.51. The van der Waals surface area contributed by atoms with E-state index in [1.165, 1.54) is 58.0 Å². The average Bonchev–Trinajstić information content (AvgIpc) is 2.36. The van der Waals surface area contributed by atoms with Gasteiger partial charge in [0.05, 0.1) is 0 Å². The fraction of sp³-hybridized carbons (Fsp3) is 1.00. The SMILES string of the molecule is CCC(CN1CCC[C@H]2CCCC[C@H]21)NC. The third-order valence-corrected chi connectivity index (χ3v) is 4.71. The van der Waals surface area contributed by atoms with Gasteiger partial charge >= 0.3 is 0 Å². The van der Waals surface area contributed by atoms with E-state index in [1.54, 1.807) is 0 Å². The molecule has 1 unspecified atom stereocenters. The molecule has 0 aromatic heterocycles. The van der Waals surface area contributed by atoms with Crippen molar-refractivity contribution in [3.05, 3.63) is 0 Å². The molecule has 0 amide bonds. The summed E-state index contributed by atoms with van der Waals surface area (Å²) in [6.07, 6.45) is 10.1. The van der Waals surface area contributed by atoms with E-state index in [0.717, 1.165) is 12.0 Å². The summed E-state index contributed by atoms with van der Waals surface area (Å²) in [4.78, 5) is 2.79. The van der Waals surface area contributed by atoms with Crippen molar-refractivity contribution in [1.82, 2.24) is 10.2 Å². The highest BCUT2D eigenvalue weighted by atomic mass is 15.2. The van der Waals surface area contributed by atoms with Crippen LogP contribution >= 0.6 is 0 Å². The Kier molecular flexibility index (Phi) is 4.66. The summed E-state index contributed by atoms with van der Waals surface area (Å²) < 4.78 is 0. The summed E-state index contributed by atoms with van der Waals surface area (Å²) in [5.41, 5.74) is 0. The summed E-state index contributed by atoms with van der Waals surface area (Å²) >= 11 is 0. The van der Waals surface area contributed by atoms with Gasteiger partial charge in [0.15, 0.2) is 0 Å². The molecule has 2 nitrogen and oxygen atoms in total. The molecule has 3 atom stereocenters. The first kappa shape index (κ1) is 12.4. The van der Waals surface area contributed by atoms with Crippen LogP contribution in [0.1, 0.15) is 51.9 Å². The van der Waals surface area contributed by atoms with Gasteiger partial charge in [-0.2, -0.15) is 0 Å². The minimum Gasteiger partial charge on any atom is -0.316 e. The zero-order valence-electron chi connectivity index (χ0n) is 11.0. The highest BCUT2D eigenvalue weighted by Gasteiger charge is 2.33. The van der Waals surface area contributed by atoms with Gasteiger partial charge in [-0.05, 0) is 51.6 Å². The summed E-state index contributed by atoms with van der Waals surface area (Å²) in [7, 11) is 2.11. The van der Waals surface area contributed by atoms with Gasteiger partial charge in [0.2, 0.25) is 0 Å². The zero-order chi connectivity index (χ0) is 11.4. The predicted molar refractivity (Wildman–Crippen MR) is 69.7 cm³/mol. The fourth-order valence-electron chi connectivity index (χ4n) is 3.66. The van der Waals surface area contributed by atoms with Crippen LogP contribution in [0.15, 0.2) is 0 Å². The Morgan fingerprint density at radius 2 is 1.94 bits per heavy atom. The number of nitrogens with zero attached hydrogens (tertiary/aromatic N) is 1. The molecule has 2 rings (SSSR count). The molecule has 1 saturated carbocycles. The highest BCUT2D eigenvalue weighted by Crippen LogP contribution is 2.35. The van der Waals surface area contributed by atoms with E-state index >= 15 is 0 Å². The van der Waals surface area contributed by atoms with Crippen LogP contribution < -0.4 is 5.32 Å². The average molecular weight is 224 g/mol. The smallest absolute Gasteiger partial charge is 0.0189 e. The van der Waals surface area contributed by atoms with Crippen LogP contribution in [-0.2, 0) is 0 Å². The summed E-state index contributed by atoms with van der Waals surface area (Å²) in [6, 6.07) is 1.62. The van der Waals surface area contributed by atoms with E-state index in [0.29, 0.717) is 6.04 Å². The first-order chi connectivity index (χ1) is 7.85. The lowest BCUT2D eigenvalue weighted by molar-refractivity contribution is 0.0533. The van der Waals surface area contributed by atoms with Crippen LogP contribution in [0.2, 0.25) is 0 Å². The summed E-state index contributed by atoms with van der Waals surface area (Å²) in [6.45, 7) is 4.91. The topological polar surface area (TPSA) is 15.3 Å². The van der Waals surface area contributed by atoms with E-state index in [9.17, 15) is 0 Å². The van der Waals surface area contributed by atoms with Crippen LogP contribution in [0.25, 0.3) is 0 Å². The monoisotopic (exact) mass is 224 g/mol. The number of piperidine rings is 1. The van der Waals surface area contributed by atoms with Gasteiger partial charge < -0.3 is 5.32 Å². The number of rotatable bonds is 4. The Balaban J connectivity index is 1.91. The maximum Gasteiger partial charge on any atom is 0.0189 e. The first-order valence-electron chi connectivity index (χ1n) is 7.26. The second-order valence-electron chi connectivity index (χ2n) is 5.64. The largest absolute Gasteiger partial charge is 0.316 e. The second kappa shape index (κ2) is 6.02. The number of likely N-dealkylation sites (tertiary alicyclic amines) is 1. The molecule has 1 aliphatic heterocycles. The van der Waals surface area contributed by atoms with Crippen molar-refractivity contribution in [2.75, 3.05) is 20.1 Å². The van der Waals surface area contributed by atoms with Gasteiger partial charge in [0.1, 0.15) is 0 Å². The number of hydrogen-bond acceptors (Lipinski definition) is 2. The lowest BCUT2D eigenvalue weighted by Gasteiger charge is -2.45. The maximum atomic E-state index is 3.45. The van der Waals surface area contributed by atoms with E-state index in [2.05, 4.69) is 24.2 Å². The Labute approximate surface area is 101 Å². The van der Waals surface area contributed by atoms with Gasteiger partial charge in [0.25, 0.3) is 0 Å². The van der Waals surface area contributed by atoms with Crippen molar-refractivity contribution in [2.24, 2.45) is 5.92 Å². The molecular weight excluding hydrogens is 196 g/mol. The van der Waals surface area contributed by atoms with Crippen molar-refractivity contribution < 1.29 is 0 Å². The molecule has 1 saturated heterocycles. The quantitative estimate of drug-likeness (QED) is 0.790. The van der Waals surface area contributed by atoms with Gasteiger partial charge in [-0.25, -0.2) is 0 Å². The molecule has 1 N–H and O–H groups in total. The molecule has 0 aromatic rings. The molecule has 1 heterocycles. The van der Waals surface area contributed by atoms with Crippen LogP contribution in [0, 0.1) is 5.92 Å². The van der Waals surface area contributed by atoms with Gasteiger partial charge in [-0.1, -0.05) is 19.8 Å². The Morgan fingerprint density at radius 1 is 1.19 bits per heavy atom. The summed E-state index contributed by atoms with van der Waals surface area (Å²) in [5, 5.41) is 3.45. The van der Waals surface area contributed by atoms with Gasteiger partial charge in [-0.15, -0.1) is 0 Å². The maximum absolute atomic E-state index is 3.45. The molecule has 94 valence electrons. The van der Waals surface area contributed by atoms with Crippen molar-refractivity contribution in [3.63, 3.8) is 0 Å². The number of hydrogen-bond donors (Lipinski definition) is 1. The van der Waals surface area contributed by atoms with Crippen molar-refractivity contribution in [2.45, 2.75) is 64.0 Å². The van der Waals surface area contributed by atoms with E-state index < -0.39 is 0 Å². The Hall–Kier alpha value is -0.0800. The zero-order valence-corrected chi connectivity index (χ0v) is 11.0. The molecular formula is C14H28N2. The standard InChI is InChI=1S/C14H28N2/c1-3-13(15-2)11-16-10-6-8-12-7-4-5-9-14(12)16/h12-15H,3-11H2,1-2H3/t12-,13?,14-/m1/s1. The number of likely N-dealkylation sites (N-methyl/N-ethyl adjacent to an activating group) is 1. The van der Waals surface area contributed by atoms with Crippen LogP contribution in [-0.4, -0.2) is 37.1 Å². The fourth-order valence-corrected chi connectivity index (χ4v) is 3.66. The third kappa shape index (κ3) is 2.78. The Morgan fingerprint density at radius 3 is 2.69 bits per heavy atom. The van der Waals surface area contributed by atoms with Crippen LogP contribution in [0.5, 0.6) is 0 Å². The molecule has 2 fully saturated rings. The van der Waals surface area contributed by atoms with Crippen molar-refractivity contribution >= 4 is 0 Å². The third-order valence-electron chi connectivity index (χ3n) is 4.71. The molecule has 1 aliphatic carbocycles. The molecule has 0 radical (unpaired) electrons. The van der Waals surface area contributed by atoms with Gasteiger partial charge in [0, 0.05) is 18.6 Å². The molecule has 0 spiro atoms. The molecule has 0 aromatic carbocycles. The summed E-state index contributed by atoms with van der Waals surface area (Å²) in [5.74, 6) is 1.02.